The second kappa shape index (κ2) is 9.49. The molecular weight excluding hydrogens is 404 g/mol. The van der Waals surface area contributed by atoms with Crippen LogP contribution in [0.4, 0.5) is 0 Å². The van der Waals surface area contributed by atoms with Crippen LogP contribution in [0.15, 0.2) is 42.5 Å². The highest BCUT2D eigenvalue weighted by atomic mass is 16.5. The highest BCUT2D eigenvalue weighted by molar-refractivity contribution is 6.11. The standard InChI is InChI=1S/C23H26O8/c1-12-20(28)21(29)17(11-24)31-22(12)19-16(27)10-15(26)18(23(19)30-2)14(25)9-8-13-6-4-3-5-7-13/h3-10,12,17,20-22,24,26-29H,11H2,1-2H3/b9-8+/t12-,17-,20-,21-,22-/m1/s1. The lowest BCUT2D eigenvalue weighted by atomic mass is 9.83. The highest BCUT2D eigenvalue weighted by Gasteiger charge is 2.45. The van der Waals surface area contributed by atoms with Crippen LogP contribution in [0.5, 0.6) is 17.2 Å². The number of hydrogen-bond donors (Lipinski definition) is 5. The average molecular weight is 430 g/mol. The third-order valence-corrected chi connectivity index (χ3v) is 5.49. The lowest BCUT2D eigenvalue weighted by molar-refractivity contribution is -0.208. The lowest BCUT2D eigenvalue weighted by Crippen LogP contribution is -2.51. The van der Waals surface area contributed by atoms with Gasteiger partial charge in [0.05, 0.1) is 31.5 Å². The monoisotopic (exact) mass is 430 g/mol. The van der Waals surface area contributed by atoms with E-state index in [9.17, 15) is 30.3 Å². The Bertz CT molecular complexity index is 954. The summed E-state index contributed by atoms with van der Waals surface area (Å²) in [6.07, 6.45) is -1.85. The number of carbonyl (C=O) groups is 1. The van der Waals surface area contributed by atoms with Crippen LogP contribution in [0.3, 0.4) is 0 Å². The normalized spacial score (nSPS) is 26.2. The lowest BCUT2D eigenvalue weighted by Gasteiger charge is -2.41. The molecule has 0 bridgehead atoms. The molecule has 1 aliphatic heterocycles. The van der Waals surface area contributed by atoms with Crippen molar-refractivity contribution in [2.75, 3.05) is 13.7 Å². The SMILES string of the molecule is COc1c(C(=O)/C=C/c2ccccc2)c(O)cc(O)c1[C@@H]1O[C@H](CO)[C@@H](O)[C@H](O)[C@H]1C. The maximum Gasteiger partial charge on any atom is 0.193 e. The summed E-state index contributed by atoms with van der Waals surface area (Å²) in [4.78, 5) is 12.9. The minimum absolute atomic E-state index is 0.0358. The Morgan fingerprint density at radius 3 is 2.42 bits per heavy atom. The molecule has 0 radical (unpaired) electrons. The Balaban J connectivity index is 2.06. The fourth-order valence-corrected chi connectivity index (χ4v) is 3.78. The number of phenols is 2. The first-order valence-electron chi connectivity index (χ1n) is 9.82. The topological polar surface area (TPSA) is 137 Å². The molecule has 0 unspecified atom stereocenters. The van der Waals surface area contributed by atoms with Crippen molar-refractivity contribution in [3.05, 3.63) is 59.2 Å². The summed E-state index contributed by atoms with van der Waals surface area (Å²) < 4.78 is 11.1. The number of benzene rings is 2. The van der Waals surface area contributed by atoms with E-state index in [1.54, 1.807) is 13.0 Å². The molecule has 2 aromatic carbocycles. The zero-order chi connectivity index (χ0) is 22.7. The van der Waals surface area contributed by atoms with E-state index in [4.69, 9.17) is 9.47 Å². The highest BCUT2D eigenvalue weighted by Crippen LogP contribution is 2.48. The third kappa shape index (κ3) is 4.42. The Hall–Kier alpha value is -2.91. The smallest absolute Gasteiger partial charge is 0.193 e. The fourth-order valence-electron chi connectivity index (χ4n) is 3.78. The molecule has 0 aromatic heterocycles. The van der Waals surface area contributed by atoms with Crippen LogP contribution in [0.2, 0.25) is 0 Å². The number of rotatable bonds is 6. The van der Waals surface area contributed by atoms with Crippen molar-refractivity contribution in [2.45, 2.75) is 31.3 Å². The van der Waals surface area contributed by atoms with Gasteiger partial charge in [0.15, 0.2) is 5.78 Å². The molecule has 5 N–H and O–H groups in total. The zero-order valence-electron chi connectivity index (χ0n) is 17.2. The van der Waals surface area contributed by atoms with Gasteiger partial charge in [-0.3, -0.25) is 4.79 Å². The summed E-state index contributed by atoms with van der Waals surface area (Å²) in [6.45, 7) is 1.03. The van der Waals surface area contributed by atoms with Crippen molar-refractivity contribution >= 4 is 11.9 Å². The van der Waals surface area contributed by atoms with Crippen LogP contribution in [0.25, 0.3) is 6.08 Å². The van der Waals surface area contributed by atoms with Gasteiger partial charge < -0.3 is 35.0 Å². The van der Waals surface area contributed by atoms with E-state index in [1.165, 1.54) is 13.2 Å². The number of methoxy groups -OCH3 is 1. The van der Waals surface area contributed by atoms with E-state index >= 15 is 0 Å². The maximum absolute atomic E-state index is 12.9. The van der Waals surface area contributed by atoms with E-state index < -0.39 is 54.2 Å². The van der Waals surface area contributed by atoms with Crippen LogP contribution >= 0.6 is 0 Å². The van der Waals surface area contributed by atoms with Gasteiger partial charge >= 0.3 is 0 Å². The molecule has 1 heterocycles. The molecule has 8 nitrogen and oxygen atoms in total. The molecule has 31 heavy (non-hydrogen) atoms. The van der Waals surface area contributed by atoms with Crippen molar-refractivity contribution < 1.29 is 39.8 Å². The van der Waals surface area contributed by atoms with Crippen molar-refractivity contribution in [3.63, 3.8) is 0 Å². The van der Waals surface area contributed by atoms with Crippen LogP contribution in [0.1, 0.15) is 34.5 Å². The molecular formula is C23H26O8. The quantitative estimate of drug-likeness (QED) is 0.346. The van der Waals surface area contributed by atoms with Crippen molar-refractivity contribution in [3.8, 4) is 17.2 Å². The van der Waals surface area contributed by atoms with E-state index in [0.717, 1.165) is 11.6 Å². The molecule has 0 amide bonds. The first-order chi connectivity index (χ1) is 14.8. The molecule has 1 fully saturated rings. The number of aliphatic hydroxyl groups is 3. The number of allylic oxidation sites excluding steroid dienone is 1. The molecule has 3 rings (SSSR count). The van der Waals surface area contributed by atoms with Crippen molar-refractivity contribution in [1.82, 2.24) is 0 Å². The first-order valence-corrected chi connectivity index (χ1v) is 9.82. The number of aliphatic hydroxyl groups excluding tert-OH is 3. The second-order valence-electron chi connectivity index (χ2n) is 7.46. The first kappa shape index (κ1) is 22.8. The van der Waals surface area contributed by atoms with Crippen molar-refractivity contribution in [1.29, 1.82) is 0 Å². The summed E-state index contributed by atoms with van der Waals surface area (Å²) >= 11 is 0. The fraction of sp³-hybridized carbons (Fsp3) is 0.348. The van der Waals surface area contributed by atoms with E-state index in [2.05, 4.69) is 0 Å². The average Bonchev–Trinajstić information content (AvgIpc) is 2.77. The predicted molar refractivity (Wildman–Crippen MR) is 112 cm³/mol. The van der Waals surface area contributed by atoms with Gasteiger partial charge in [-0.2, -0.15) is 0 Å². The molecule has 5 atom stereocenters. The Labute approximate surface area is 179 Å². The number of phenolic OH excluding ortho intramolecular Hbond substituents is 2. The van der Waals surface area contributed by atoms with Gasteiger partial charge in [-0.25, -0.2) is 0 Å². The van der Waals surface area contributed by atoms with Gasteiger partial charge in [0, 0.05) is 12.0 Å². The van der Waals surface area contributed by atoms with Gasteiger partial charge in [-0.1, -0.05) is 43.3 Å². The van der Waals surface area contributed by atoms with Gasteiger partial charge in [0.2, 0.25) is 0 Å². The molecule has 0 aliphatic carbocycles. The molecule has 166 valence electrons. The van der Waals surface area contributed by atoms with E-state index in [0.29, 0.717) is 0 Å². The predicted octanol–water partition coefficient (Wildman–Crippen LogP) is 1.79. The summed E-state index contributed by atoms with van der Waals surface area (Å²) in [5.41, 5.74) is 0.633. The molecule has 0 saturated carbocycles. The summed E-state index contributed by atoms with van der Waals surface area (Å²) in [5, 5.41) is 50.9. The Morgan fingerprint density at radius 2 is 1.81 bits per heavy atom. The molecule has 1 saturated heterocycles. The molecule has 8 heteroatoms. The third-order valence-electron chi connectivity index (χ3n) is 5.49. The van der Waals surface area contributed by atoms with Crippen LogP contribution in [0, 0.1) is 5.92 Å². The summed E-state index contributed by atoms with van der Waals surface area (Å²) in [6, 6.07) is 10.1. The minimum Gasteiger partial charge on any atom is -0.507 e. The van der Waals surface area contributed by atoms with Crippen LogP contribution in [-0.4, -0.2) is 63.3 Å². The van der Waals surface area contributed by atoms with Gasteiger partial charge in [-0.05, 0) is 11.6 Å². The number of ether oxygens (including phenoxy) is 2. The molecule has 2 aromatic rings. The Kier molecular flexibility index (Phi) is 6.97. The zero-order valence-corrected chi connectivity index (χ0v) is 17.2. The number of carbonyl (C=O) groups excluding carboxylic acids is 1. The van der Waals surface area contributed by atoms with E-state index in [1.807, 2.05) is 30.3 Å². The van der Waals surface area contributed by atoms with Gasteiger partial charge in [0.25, 0.3) is 0 Å². The maximum atomic E-state index is 12.9. The number of ketones is 1. The molecule has 1 aliphatic rings. The second-order valence-corrected chi connectivity index (χ2v) is 7.46. The van der Waals surface area contributed by atoms with Crippen LogP contribution in [-0.2, 0) is 4.74 Å². The number of hydrogen-bond acceptors (Lipinski definition) is 8. The number of aromatic hydroxyl groups is 2. The van der Waals surface area contributed by atoms with E-state index in [-0.39, 0.29) is 16.9 Å². The van der Waals surface area contributed by atoms with Gasteiger partial charge in [-0.15, -0.1) is 0 Å². The van der Waals surface area contributed by atoms with Gasteiger partial charge in [0.1, 0.15) is 35.0 Å². The largest absolute Gasteiger partial charge is 0.507 e. The minimum atomic E-state index is -1.32. The van der Waals surface area contributed by atoms with Crippen LogP contribution < -0.4 is 4.74 Å². The Morgan fingerprint density at radius 1 is 1.13 bits per heavy atom. The van der Waals surface area contributed by atoms with Crippen molar-refractivity contribution in [2.24, 2.45) is 5.92 Å². The summed E-state index contributed by atoms with van der Waals surface area (Å²) in [7, 11) is 1.28. The summed E-state index contributed by atoms with van der Waals surface area (Å²) in [5.74, 6) is -2.29. The molecule has 0 spiro atoms.